The predicted molar refractivity (Wildman–Crippen MR) is 146 cm³/mol. The molecule has 0 saturated heterocycles. The first kappa shape index (κ1) is 21.9. The van der Waals surface area contributed by atoms with Crippen LogP contribution in [0.1, 0.15) is 37.5 Å². The van der Waals surface area contributed by atoms with Gasteiger partial charge in [0.25, 0.3) is 0 Å². The van der Waals surface area contributed by atoms with Crippen molar-refractivity contribution in [2.45, 2.75) is 59.7 Å². The summed E-state index contributed by atoms with van der Waals surface area (Å²) in [5.74, 6) is 0. The Morgan fingerprint density at radius 3 is 2.27 bits per heavy atom. The smallest absolute Gasteiger partial charge is 0.145 e. The number of pyridine rings is 1. The van der Waals surface area contributed by atoms with Crippen LogP contribution in [0.4, 0.5) is 0 Å². The number of furan rings is 1. The Labute approximate surface area is 197 Å². The molecule has 168 valence electrons. The average Bonchev–Trinajstić information content (AvgIpc) is 3.17. The lowest BCUT2D eigenvalue weighted by molar-refractivity contribution is 0.596. The molecule has 0 aliphatic carbocycles. The lowest BCUT2D eigenvalue weighted by Gasteiger charge is -2.23. The molecule has 0 atom stereocenters. The molecular formula is C30H33NOSi. The van der Waals surface area contributed by atoms with Crippen LogP contribution in [0.5, 0.6) is 0 Å². The van der Waals surface area contributed by atoms with Crippen molar-refractivity contribution in [1.29, 1.82) is 0 Å². The number of benzene rings is 3. The molecule has 0 N–H and O–H groups in total. The van der Waals surface area contributed by atoms with E-state index >= 15 is 0 Å². The minimum Gasteiger partial charge on any atom is -0.465 e. The highest BCUT2D eigenvalue weighted by atomic mass is 28.3. The molecule has 0 aliphatic rings. The summed E-state index contributed by atoms with van der Waals surface area (Å²) in [5.41, 5.74) is 7.99. The van der Waals surface area contributed by atoms with Gasteiger partial charge in [0.05, 0.1) is 16.6 Å². The van der Waals surface area contributed by atoms with Crippen molar-refractivity contribution < 1.29 is 4.42 Å². The van der Waals surface area contributed by atoms with Gasteiger partial charge in [-0.25, -0.2) is 4.98 Å². The summed E-state index contributed by atoms with van der Waals surface area (Å²) < 4.78 is 6.64. The molecule has 3 aromatic carbocycles. The van der Waals surface area contributed by atoms with Gasteiger partial charge in [-0.3, -0.25) is 0 Å². The summed E-state index contributed by atoms with van der Waals surface area (Å²) in [7, 11) is -1.63. The van der Waals surface area contributed by atoms with Crippen molar-refractivity contribution in [3.05, 3.63) is 71.3 Å². The summed E-state index contributed by atoms with van der Waals surface area (Å²) in [6.45, 7) is 18.2. The lowest BCUT2D eigenvalue weighted by Crippen LogP contribution is -2.36. The highest BCUT2D eigenvalue weighted by Gasteiger charge is 2.26. The van der Waals surface area contributed by atoms with Gasteiger partial charge in [-0.05, 0) is 71.0 Å². The maximum atomic E-state index is 6.64. The molecule has 0 amide bonds. The van der Waals surface area contributed by atoms with E-state index in [1.807, 2.05) is 0 Å². The predicted octanol–water partition coefficient (Wildman–Crippen LogP) is 8.26. The van der Waals surface area contributed by atoms with Gasteiger partial charge in [-0.1, -0.05) is 70.7 Å². The molecule has 0 unspecified atom stereocenters. The van der Waals surface area contributed by atoms with Crippen molar-refractivity contribution in [2.24, 2.45) is 0 Å². The molecular weight excluding hydrogens is 418 g/mol. The Bertz CT molecular complexity index is 1540. The molecule has 2 nitrogen and oxygen atoms in total. The molecule has 5 rings (SSSR count). The van der Waals surface area contributed by atoms with E-state index in [1.165, 1.54) is 27.5 Å². The van der Waals surface area contributed by atoms with Crippen molar-refractivity contribution in [1.82, 2.24) is 4.98 Å². The van der Waals surface area contributed by atoms with Crippen molar-refractivity contribution in [2.75, 3.05) is 0 Å². The van der Waals surface area contributed by atoms with Crippen LogP contribution in [0.2, 0.25) is 19.6 Å². The van der Waals surface area contributed by atoms with Crippen LogP contribution in [0.15, 0.2) is 59.0 Å². The van der Waals surface area contributed by atoms with Gasteiger partial charge in [0.15, 0.2) is 0 Å². The molecule has 0 fully saturated rings. The van der Waals surface area contributed by atoms with Crippen LogP contribution in [-0.4, -0.2) is 13.1 Å². The number of aryl methyl sites for hydroxylation is 2. The van der Waals surface area contributed by atoms with Gasteiger partial charge in [0.2, 0.25) is 0 Å². The zero-order valence-electron chi connectivity index (χ0n) is 21.1. The molecule has 2 heterocycles. The number of aromatic nitrogens is 1. The fraction of sp³-hybridized carbons (Fsp3) is 0.300. The second-order valence-electron chi connectivity index (χ2n) is 11.5. The third kappa shape index (κ3) is 3.69. The minimum atomic E-state index is -1.63. The summed E-state index contributed by atoms with van der Waals surface area (Å²) in [5, 5.41) is 5.96. The molecule has 5 aromatic rings. The van der Waals surface area contributed by atoms with E-state index in [1.54, 1.807) is 0 Å². The molecule has 0 radical (unpaired) electrons. The zero-order chi connectivity index (χ0) is 23.7. The first-order valence-corrected chi connectivity index (χ1v) is 15.3. The van der Waals surface area contributed by atoms with Crippen LogP contribution < -0.4 is 5.38 Å². The van der Waals surface area contributed by atoms with Crippen LogP contribution in [0, 0.1) is 13.8 Å². The number of hydrogen-bond donors (Lipinski definition) is 0. The number of rotatable bonds is 2. The van der Waals surface area contributed by atoms with E-state index in [9.17, 15) is 0 Å². The molecule has 2 aromatic heterocycles. The summed E-state index contributed by atoms with van der Waals surface area (Å²) in [6, 6.07) is 20.0. The van der Waals surface area contributed by atoms with Gasteiger partial charge < -0.3 is 4.42 Å². The molecule has 0 bridgehead atoms. The second kappa shape index (κ2) is 7.29. The largest absolute Gasteiger partial charge is 0.465 e. The SMILES string of the molecule is Cc1cc(C)c2c(c1)nc(-c1cc(C(C)(C)C)c3ccccc3c1)c1cc([Si](C)(C)C)oc12. The highest BCUT2D eigenvalue weighted by Crippen LogP contribution is 2.39. The first-order valence-electron chi connectivity index (χ1n) is 11.8. The Hall–Kier alpha value is -2.91. The molecule has 0 aliphatic heterocycles. The van der Waals surface area contributed by atoms with E-state index in [0.29, 0.717) is 0 Å². The van der Waals surface area contributed by atoms with E-state index in [4.69, 9.17) is 9.40 Å². The Balaban J connectivity index is 1.94. The average molecular weight is 452 g/mol. The van der Waals surface area contributed by atoms with Crippen molar-refractivity contribution in [3.63, 3.8) is 0 Å². The fourth-order valence-corrected chi connectivity index (χ4v) is 5.91. The quantitative estimate of drug-likeness (QED) is 0.252. The summed E-state index contributed by atoms with van der Waals surface area (Å²) >= 11 is 0. The molecule has 0 saturated carbocycles. The molecule has 0 spiro atoms. The number of nitrogens with zero attached hydrogens (tertiary/aromatic N) is 1. The van der Waals surface area contributed by atoms with Crippen molar-refractivity contribution in [3.8, 4) is 11.3 Å². The topological polar surface area (TPSA) is 26.0 Å². The third-order valence-corrected chi connectivity index (χ3v) is 8.31. The summed E-state index contributed by atoms with van der Waals surface area (Å²) in [6.07, 6.45) is 0. The number of hydrogen-bond acceptors (Lipinski definition) is 2. The maximum Gasteiger partial charge on any atom is 0.145 e. The van der Waals surface area contributed by atoms with Crippen LogP contribution in [0.3, 0.4) is 0 Å². The Morgan fingerprint density at radius 1 is 0.848 bits per heavy atom. The van der Waals surface area contributed by atoms with E-state index < -0.39 is 8.07 Å². The van der Waals surface area contributed by atoms with Crippen LogP contribution in [-0.2, 0) is 5.41 Å². The van der Waals surface area contributed by atoms with Gasteiger partial charge in [-0.15, -0.1) is 0 Å². The third-order valence-electron chi connectivity index (χ3n) is 6.59. The lowest BCUT2D eigenvalue weighted by atomic mass is 9.82. The van der Waals surface area contributed by atoms with Crippen LogP contribution in [0.25, 0.3) is 43.9 Å². The zero-order valence-corrected chi connectivity index (χ0v) is 22.1. The normalized spacial score (nSPS) is 12.8. The van der Waals surface area contributed by atoms with Crippen LogP contribution >= 0.6 is 0 Å². The minimum absolute atomic E-state index is 0.0264. The Morgan fingerprint density at radius 2 is 1.58 bits per heavy atom. The monoisotopic (exact) mass is 451 g/mol. The first-order chi connectivity index (χ1) is 15.4. The molecule has 33 heavy (non-hydrogen) atoms. The van der Waals surface area contributed by atoms with E-state index in [2.05, 4.69) is 109 Å². The van der Waals surface area contributed by atoms with Gasteiger partial charge in [0.1, 0.15) is 13.7 Å². The second-order valence-corrected chi connectivity index (χ2v) is 16.5. The maximum absolute atomic E-state index is 6.64. The van der Waals surface area contributed by atoms with Gasteiger partial charge in [-0.2, -0.15) is 0 Å². The van der Waals surface area contributed by atoms with E-state index in [-0.39, 0.29) is 5.41 Å². The summed E-state index contributed by atoms with van der Waals surface area (Å²) in [4.78, 5) is 5.28. The van der Waals surface area contributed by atoms with Crippen molar-refractivity contribution >= 4 is 46.1 Å². The van der Waals surface area contributed by atoms with E-state index in [0.717, 1.165) is 38.5 Å². The standard InChI is InChI=1S/C30H33NOSi/c1-18-13-19(2)27-25(14-18)31-28(23-17-26(32-29(23)27)33(6,7)8)21-15-20-11-9-10-12-22(20)24(16-21)30(3,4)5/h9-17H,1-8H3. The van der Waals surface area contributed by atoms with Gasteiger partial charge >= 0.3 is 0 Å². The fourth-order valence-electron chi connectivity index (χ4n) is 4.92. The van der Waals surface area contributed by atoms with Gasteiger partial charge in [0, 0.05) is 16.3 Å². The highest BCUT2D eigenvalue weighted by molar-refractivity contribution is 6.88. The molecule has 3 heteroatoms. The number of fused-ring (bicyclic) bond motifs is 4. The Kier molecular flexibility index (Phi) is 4.84.